The van der Waals surface area contributed by atoms with Crippen molar-refractivity contribution in [3.05, 3.63) is 18.0 Å². The van der Waals surface area contributed by atoms with Crippen LogP contribution in [-0.4, -0.2) is 22.1 Å². The Bertz CT molecular complexity index is 458. The third-order valence-corrected chi connectivity index (χ3v) is 5.09. The van der Waals surface area contributed by atoms with E-state index in [0.29, 0.717) is 24.8 Å². The number of Topliss-reactive ketones (excluding diaryl/α,β-unsaturated/α-hetero) is 1. The summed E-state index contributed by atoms with van der Waals surface area (Å²) in [6.07, 6.45) is 10.1. The Morgan fingerprint density at radius 3 is 2.62 bits per heavy atom. The van der Waals surface area contributed by atoms with Crippen molar-refractivity contribution < 1.29 is 4.79 Å². The van der Waals surface area contributed by atoms with E-state index in [2.05, 4.69) is 18.9 Å². The maximum atomic E-state index is 12.8. The molecule has 1 aromatic heterocycles. The summed E-state index contributed by atoms with van der Waals surface area (Å²) in [5.74, 6) is 0.293. The Kier molecular flexibility index (Phi) is 5.57. The molecule has 0 aliphatic heterocycles. The van der Waals surface area contributed by atoms with E-state index in [9.17, 15) is 4.79 Å². The van der Waals surface area contributed by atoms with Crippen molar-refractivity contribution in [2.75, 3.05) is 6.54 Å². The van der Waals surface area contributed by atoms with Gasteiger partial charge in [-0.1, -0.05) is 32.6 Å². The van der Waals surface area contributed by atoms with Crippen molar-refractivity contribution in [2.24, 2.45) is 11.1 Å². The van der Waals surface area contributed by atoms with Crippen LogP contribution in [0.15, 0.2) is 12.3 Å². The van der Waals surface area contributed by atoms with Crippen molar-refractivity contribution >= 4 is 5.78 Å². The number of nitrogens with zero attached hydrogens (tertiary/aromatic N) is 2. The van der Waals surface area contributed by atoms with Gasteiger partial charge in [-0.3, -0.25) is 9.48 Å². The van der Waals surface area contributed by atoms with Gasteiger partial charge in [0.15, 0.2) is 0 Å². The second kappa shape index (κ2) is 7.21. The molecule has 1 heterocycles. The number of hydrogen-bond donors (Lipinski definition) is 1. The summed E-state index contributed by atoms with van der Waals surface area (Å²) in [6.45, 7) is 4.77. The van der Waals surface area contributed by atoms with Gasteiger partial charge in [-0.15, -0.1) is 0 Å². The van der Waals surface area contributed by atoms with E-state index < -0.39 is 0 Å². The van der Waals surface area contributed by atoms with Gasteiger partial charge in [0.1, 0.15) is 5.78 Å². The zero-order chi connectivity index (χ0) is 15.3. The normalized spacial score (nSPS) is 20.0. The number of ketones is 1. The zero-order valence-corrected chi connectivity index (χ0v) is 13.5. The molecular weight excluding hydrogens is 262 g/mol. The summed E-state index contributed by atoms with van der Waals surface area (Å²) in [7, 11) is 0. The minimum Gasteiger partial charge on any atom is -0.329 e. The van der Waals surface area contributed by atoms with Gasteiger partial charge in [-0.2, -0.15) is 5.10 Å². The number of aromatic nitrogens is 2. The molecule has 21 heavy (non-hydrogen) atoms. The predicted octanol–water partition coefficient (Wildman–Crippen LogP) is 3.27. The van der Waals surface area contributed by atoms with Crippen LogP contribution in [0.4, 0.5) is 0 Å². The summed E-state index contributed by atoms with van der Waals surface area (Å²) in [5.41, 5.74) is 6.58. The first-order valence-electron chi connectivity index (χ1n) is 8.38. The number of carbonyl (C=O) groups excluding carboxylic acids is 1. The molecule has 0 amide bonds. The standard InChI is InChI=1S/C17H29N3O/c1-3-14(2)20-11-8-15(19-20)12-16(21)17(13-18)9-6-4-5-7-10-17/h8,11,14H,3-7,9-10,12-13,18H2,1-2H3. The van der Waals surface area contributed by atoms with Gasteiger partial charge in [-0.05, 0) is 32.3 Å². The van der Waals surface area contributed by atoms with Crippen molar-refractivity contribution in [3.8, 4) is 0 Å². The van der Waals surface area contributed by atoms with E-state index in [1.54, 1.807) is 0 Å². The first-order chi connectivity index (χ1) is 10.1. The Morgan fingerprint density at radius 2 is 2.05 bits per heavy atom. The maximum Gasteiger partial charge on any atom is 0.146 e. The predicted molar refractivity (Wildman–Crippen MR) is 85.1 cm³/mol. The molecule has 1 saturated carbocycles. The molecule has 1 unspecified atom stereocenters. The molecule has 1 fully saturated rings. The lowest BCUT2D eigenvalue weighted by Gasteiger charge is -2.29. The van der Waals surface area contributed by atoms with Crippen LogP contribution in [0.3, 0.4) is 0 Å². The molecule has 1 atom stereocenters. The van der Waals surface area contributed by atoms with Crippen molar-refractivity contribution in [2.45, 2.75) is 71.3 Å². The second-order valence-electron chi connectivity index (χ2n) is 6.54. The average molecular weight is 291 g/mol. The van der Waals surface area contributed by atoms with Crippen molar-refractivity contribution in [1.82, 2.24) is 9.78 Å². The Labute approximate surface area is 128 Å². The van der Waals surface area contributed by atoms with Gasteiger partial charge in [-0.25, -0.2) is 0 Å². The monoisotopic (exact) mass is 291 g/mol. The zero-order valence-electron chi connectivity index (χ0n) is 13.5. The van der Waals surface area contributed by atoms with Crippen LogP contribution in [-0.2, 0) is 11.2 Å². The fraction of sp³-hybridized carbons (Fsp3) is 0.765. The summed E-state index contributed by atoms with van der Waals surface area (Å²) in [4.78, 5) is 12.8. The average Bonchev–Trinajstić information content (AvgIpc) is 2.82. The molecular formula is C17H29N3O. The van der Waals surface area contributed by atoms with Gasteiger partial charge in [0.05, 0.1) is 12.1 Å². The van der Waals surface area contributed by atoms with Gasteiger partial charge in [0.2, 0.25) is 0 Å². The first kappa shape index (κ1) is 16.2. The number of carbonyl (C=O) groups is 1. The van der Waals surface area contributed by atoms with Crippen LogP contribution in [0.1, 0.15) is 70.5 Å². The van der Waals surface area contributed by atoms with Crippen LogP contribution in [0, 0.1) is 5.41 Å². The Balaban J connectivity index is 2.06. The molecule has 0 radical (unpaired) electrons. The van der Waals surface area contributed by atoms with Crippen LogP contribution >= 0.6 is 0 Å². The largest absolute Gasteiger partial charge is 0.329 e. The highest BCUT2D eigenvalue weighted by Gasteiger charge is 2.36. The lowest BCUT2D eigenvalue weighted by Crippen LogP contribution is -2.39. The highest BCUT2D eigenvalue weighted by molar-refractivity contribution is 5.86. The van der Waals surface area contributed by atoms with Gasteiger partial charge in [0, 0.05) is 24.2 Å². The third kappa shape index (κ3) is 3.73. The van der Waals surface area contributed by atoms with E-state index >= 15 is 0 Å². The van der Waals surface area contributed by atoms with E-state index in [1.165, 1.54) is 12.8 Å². The Morgan fingerprint density at radius 1 is 1.38 bits per heavy atom. The molecule has 118 valence electrons. The van der Waals surface area contributed by atoms with Gasteiger partial charge >= 0.3 is 0 Å². The molecule has 2 N–H and O–H groups in total. The van der Waals surface area contributed by atoms with E-state index in [0.717, 1.165) is 37.8 Å². The fourth-order valence-corrected chi connectivity index (χ4v) is 3.26. The van der Waals surface area contributed by atoms with Crippen molar-refractivity contribution in [3.63, 3.8) is 0 Å². The summed E-state index contributed by atoms with van der Waals surface area (Å²) >= 11 is 0. The van der Waals surface area contributed by atoms with Crippen LogP contribution in [0.25, 0.3) is 0 Å². The molecule has 1 aliphatic rings. The maximum absolute atomic E-state index is 12.8. The highest BCUT2D eigenvalue weighted by Crippen LogP contribution is 2.35. The first-order valence-corrected chi connectivity index (χ1v) is 8.38. The highest BCUT2D eigenvalue weighted by atomic mass is 16.1. The summed E-state index contributed by atoms with van der Waals surface area (Å²) in [6, 6.07) is 2.36. The summed E-state index contributed by atoms with van der Waals surface area (Å²) < 4.78 is 1.96. The lowest BCUT2D eigenvalue weighted by molar-refractivity contribution is -0.128. The fourth-order valence-electron chi connectivity index (χ4n) is 3.26. The molecule has 2 rings (SSSR count). The van der Waals surface area contributed by atoms with Gasteiger partial charge < -0.3 is 5.73 Å². The number of rotatable bonds is 6. The number of nitrogens with two attached hydrogens (primary N) is 1. The molecule has 1 aliphatic carbocycles. The topological polar surface area (TPSA) is 60.9 Å². The van der Waals surface area contributed by atoms with Crippen LogP contribution in [0.2, 0.25) is 0 Å². The number of hydrogen-bond acceptors (Lipinski definition) is 3. The molecule has 0 saturated heterocycles. The van der Waals surface area contributed by atoms with Crippen LogP contribution < -0.4 is 5.73 Å². The lowest BCUT2D eigenvalue weighted by atomic mass is 9.75. The summed E-state index contributed by atoms with van der Waals surface area (Å²) in [5, 5.41) is 4.56. The smallest absolute Gasteiger partial charge is 0.146 e. The molecule has 4 nitrogen and oxygen atoms in total. The molecule has 0 aromatic carbocycles. The van der Waals surface area contributed by atoms with E-state index in [-0.39, 0.29) is 5.41 Å². The minimum absolute atomic E-state index is 0.293. The minimum atomic E-state index is -0.295. The van der Waals surface area contributed by atoms with Crippen LogP contribution in [0.5, 0.6) is 0 Å². The van der Waals surface area contributed by atoms with E-state index in [4.69, 9.17) is 5.73 Å². The molecule has 0 bridgehead atoms. The van der Waals surface area contributed by atoms with Crippen molar-refractivity contribution in [1.29, 1.82) is 0 Å². The molecule has 4 heteroatoms. The van der Waals surface area contributed by atoms with E-state index in [1.807, 2.05) is 16.9 Å². The van der Waals surface area contributed by atoms with Gasteiger partial charge in [0.25, 0.3) is 0 Å². The third-order valence-electron chi connectivity index (χ3n) is 5.09. The quantitative estimate of drug-likeness (QED) is 0.818. The SMILES string of the molecule is CCC(C)n1ccc(CC(=O)C2(CN)CCCCCC2)n1. The molecule has 0 spiro atoms. The Hall–Kier alpha value is -1.16. The second-order valence-corrected chi connectivity index (χ2v) is 6.54. The molecule has 1 aromatic rings.